The van der Waals surface area contributed by atoms with Crippen molar-refractivity contribution in [3.8, 4) is 0 Å². The normalized spacial score (nSPS) is 10.5. The van der Waals surface area contributed by atoms with E-state index in [4.69, 9.17) is 28.4 Å². The van der Waals surface area contributed by atoms with Crippen molar-refractivity contribution in [2.45, 2.75) is 247 Å². The van der Waals surface area contributed by atoms with Crippen molar-refractivity contribution in [3.63, 3.8) is 0 Å². The molecule has 0 bridgehead atoms. The molecule has 9 aromatic carbocycles. The lowest BCUT2D eigenvalue weighted by Crippen LogP contribution is -2.40. The molecule has 0 saturated heterocycles. The van der Waals surface area contributed by atoms with Crippen molar-refractivity contribution in [1.82, 2.24) is 16.0 Å². The van der Waals surface area contributed by atoms with Gasteiger partial charge in [0.2, 0.25) is 5.91 Å². The zero-order chi connectivity index (χ0) is 110. The summed E-state index contributed by atoms with van der Waals surface area (Å²) in [7, 11) is 0. The Balaban J connectivity index is 0.000000391. The number of amides is 3. The monoisotopic (exact) mass is 2040 g/mol. The van der Waals surface area contributed by atoms with Crippen LogP contribution >= 0.6 is 0 Å². The SMILES string of the molecule is C.CC(=O)c1cc(C(=O)CCCCNC(=O)OCc2ccccc2)cc(C(C)=O)c1C.CC(=O)c1cc(C(=O)CCCOCC(=O)NC(Cc2ccccc2)Cc2ccccc2)cc(C(C)=O)c1C.CC(=O)c1cc(C(=O)CCCOCCNC(=O)OCc2ccccc2)cc(C(C)=O)c1C.CCCC(=O)CCCC(=O)c1cc(C(C)=O)c(C)c(C(C)=O)c1.CCOC(=O)COCCCC(=O)c1cc(C(C)=O)c(C)c(C(C)=O)c1. The van der Waals surface area contributed by atoms with Crippen LogP contribution in [0.1, 0.15) is 386 Å². The standard InChI is InChI=1S/C32H35NO5.C25H29NO6.C24H27NO5.C19H24O6.C19H24O4.CH4/c1-22-29(23(2)34)19-27(20-30(22)24(3)35)31(36)15-10-16-38-21-32(37)33-28(17-25-11-6-4-7-12-25)18-26-13-8-5-9-14-26;1-17-22(18(2)27)14-21(15-23(17)19(3)28)24(29)10-7-12-31-13-11-26-25(30)32-16-20-8-5-4-6-9-20;1-16-21(17(2)26)13-20(14-22(16)18(3)27)23(28)11-7-8-12-25-24(29)30-15-19-9-5-4-6-10-19;1-5-25-19(23)11-24-8-6-7-18(22)15-9-16(13(3)20)12(2)17(10-15)14(4)21;1-5-7-16(22)8-6-9-19(23)15-10-17(13(3)20)12(2)18(11-15)14(4)21;/h4-9,11-14,19-20,28H,10,15-18,21H2,1-3H3,(H,33,37);4-6,8-9,14-15H,7,10-13,16H2,1-3H3,(H,26,30);4-6,9-10,13-14H,7-8,11-12,15H2,1-3H3,(H,25,29);9-10H,5-8,11H2,1-4H3;10-11H,5-9H2,1-4H3;1H4. The van der Waals surface area contributed by atoms with Crippen LogP contribution in [0.5, 0.6) is 0 Å². The summed E-state index contributed by atoms with van der Waals surface area (Å²) in [5, 5.41) is 8.34. The molecule has 0 aliphatic rings. The third kappa shape index (κ3) is 45.1. The second-order valence-corrected chi connectivity index (χ2v) is 35.7. The first-order valence-electron chi connectivity index (χ1n) is 49.5. The summed E-state index contributed by atoms with van der Waals surface area (Å²) in [6.45, 7) is 28.7. The number of esters is 1. The van der Waals surface area contributed by atoms with Gasteiger partial charge < -0.3 is 44.4 Å². The highest BCUT2D eigenvalue weighted by atomic mass is 16.6. The molecule has 9 aromatic rings. The van der Waals surface area contributed by atoms with Gasteiger partial charge in [-0.1, -0.05) is 136 Å². The lowest BCUT2D eigenvalue weighted by atomic mass is 9.92. The van der Waals surface area contributed by atoms with Crippen LogP contribution in [-0.4, -0.2) is 182 Å². The third-order valence-corrected chi connectivity index (χ3v) is 23.7. The molecule has 3 N–H and O–H groups in total. The second kappa shape index (κ2) is 67.0. The predicted molar refractivity (Wildman–Crippen MR) is 570 cm³/mol. The van der Waals surface area contributed by atoms with Gasteiger partial charge in [0.1, 0.15) is 32.2 Å². The topological polar surface area (TPSA) is 433 Å². The fraction of sp³-hybridized carbons (Fsp3) is 0.383. The number of ether oxygens (including phenoxy) is 6. The Kier molecular flexibility index (Phi) is 56.8. The highest BCUT2D eigenvalue weighted by Crippen LogP contribution is 2.28. The molecule has 0 saturated carbocycles. The maximum absolute atomic E-state index is 12.7. The average molecular weight is 2040 g/mol. The molecule has 0 unspecified atom stereocenters. The molecule has 0 atom stereocenters. The minimum atomic E-state index is -0.519. The van der Waals surface area contributed by atoms with Crippen molar-refractivity contribution in [3.05, 3.63) is 316 Å². The van der Waals surface area contributed by atoms with Crippen molar-refractivity contribution in [2.75, 3.05) is 59.3 Å². The van der Waals surface area contributed by atoms with Crippen LogP contribution in [0.4, 0.5) is 9.59 Å². The predicted octanol–water partition coefficient (Wildman–Crippen LogP) is 22.0. The maximum atomic E-state index is 12.7. The zero-order valence-electron chi connectivity index (χ0n) is 88.1. The van der Waals surface area contributed by atoms with Gasteiger partial charge in [0.25, 0.3) is 0 Å². The van der Waals surface area contributed by atoms with E-state index < -0.39 is 18.2 Å². The summed E-state index contributed by atoms with van der Waals surface area (Å²) in [6, 6.07) is 54.3. The molecule has 3 amide bonds. The van der Waals surface area contributed by atoms with Gasteiger partial charge in [0.15, 0.2) is 86.7 Å². The zero-order valence-corrected chi connectivity index (χ0v) is 88.1. The molecule has 794 valence electrons. The molecule has 0 radical (unpaired) electrons. The van der Waals surface area contributed by atoms with Crippen LogP contribution in [0.2, 0.25) is 0 Å². The summed E-state index contributed by atoms with van der Waals surface area (Å²) in [5.74, 6) is -3.06. The molecule has 29 heteroatoms. The first-order valence-corrected chi connectivity index (χ1v) is 49.5. The minimum Gasteiger partial charge on any atom is -0.464 e. The number of hydrogen-bond donors (Lipinski definition) is 3. The van der Waals surface area contributed by atoms with Crippen LogP contribution < -0.4 is 16.0 Å². The van der Waals surface area contributed by atoms with Gasteiger partial charge in [-0.2, -0.15) is 0 Å². The first kappa shape index (κ1) is 126. The van der Waals surface area contributed by atoms with E-state index >= 15 is 0 Å². The molecule has 0 aliphatic heterocycles. The third-order valence-electron chi connectivity index (χ3n) is 23.7. The van der Waals surface area contributed by atoms with Gasteiger partial charge in [-0.3, -0.25) is 81.5 Å². The van der Waals surface area contributed by atoms with E-state index in [2.05, 4.69) is 16.0 Å². The average Bonchev–Trinajstić information content (AvgIpc) is 0.824. The van der Waals surface area contributed by atoms with E-state index in [-0.39, 0.29) is 184 Å². The Morgan fingerprint density at radius 1 is 0.275 bits per heavy atom. The van der Waals surface area contributed by atoms with E-state index in [0.29, 0.717) is 208 Å². The van der Waals surface area contributed by atoms with Crippen LogP contribution in [0, 0.1) is 34.6 Å². The molecule has 0 aliphatic carbocycles. The van der Waals surface area contributed by atoms with Gasteiger partial charge in [-0.15, -0.1) is 0 Å². The van der Waals surface area contributed by atoms with E-state index in [1.807, 2.05) is 128 Å². The number of rotatable bonds is 55. The molecular weight excluding hydrogens is 1900 g/mol. The van der Waals surface area contributed by atoms with Gasteiger partial charge >= 0.3 is 18.2 Å². The van der Waals surface area contributed by atoms with E-state index in [0.717, 1.165) is 28.7 Å². The molecular formula is C120H143N3O26. The number of hydrogen-bond acceptors (Lipinski definition) is 26. The number of carbonyl (C=O) groups is 20. The number of alkyl carbamates (subject to hydrolysis) is 2. The Hall–Kier alpha value is -14.9. The van der Waals surface area contributed by atoms with Gasteiger partial charge in [-0.25, -0.2) is 14.4 Å². The Bertz CT molecular complexity index is 5980. The Morgan fingerprint density at radius 3 is 0.819 bits per heavy atom. The van der Waals surface area contributed by atoms with Crippen LogP contribution in [0.3, 0.4) is 0 Å². The van der Waals surface area contributed by atoms with Crippen molar-refractivity contribution >= 4 is 117 Å². The summed E-state index contributed by atoms with van der Waals surface area (Å²) < 4.78 is 31.1. The number of carbonyl (C=O) groups excluding carboxylic acids is 20. The fourth-order valence-electron chi connectivity index (χ4n) is 15.8. The smallest absolute Gasteiger partial charge is 0.407 e. The number of Topliss-reactive ketones (excluding diaryl/α,β-unsaturated/α-hetero) is 16. The maximum Gasteiger partial charge on any atom is 0.407 e. The van der Waals surface area contributed by atoms with Gasteiger partial charge in [0, 0.05) is 167 Å². The highest BCUT2D eigenvalue weighted by Gasteiger charge is 2.25. The van der Waals surface area contributed by atoms with E-state index in [1.165, 1.54) is 81.4 Å². The molecule has 0 aromatic heterocycles. The molecule has 29 nitrogen and oxygen atoms in total. The quantitative estimate of drug-likeness (QED) is 0.0138. The summed E-state index contributed by atoms with van der Waals surface area (Å²) >= 11 is 0. The van der Waals surface area contributed by atoms with E-state index in [9.17, 15) is 95.9 Å². The minimum absolute atomic E-state index is 0. The molecule has 149 heavy (non-hydrogen) atoms. The van der Waals surface area contributed by atoms with Crippen molar-refractivity contribution in [2.24, 2.45) is 0 Å². The lowest BCUT2D eigenvalue weighted by molar-refractivity contribution is -0.148. The van der Waals surface area contributed by atoms with Crippen molar-refractivity contribution in [1.29, 1.82) is 0 Å². The number of nitrogens with one attached hydrogen (secondary N) is 3. The number of benzene rings is 9. The van der Waals surface area contributed by atoms with Crippen LogP contribution in [-0.2, 0) is 68.9 Å². The van der Waals surface area contributed by atoms with Gasteiger partial charge in [-0.05, 0) is 279 Å². The van der Waals surface area contributed by atoms with Crippen LogP contribution in [0.25, 0.3) is 0 Å². The molecule has 9 rings (SSSR count). The van der Waals surface area contributed by atoms with Crippen LogP contribution in [0.15, 0.2) is 182 Å². The van der Waals surface area contributed by atoms with Gasteiger partial charge in [0.05, 0.1) is 13.2 Å². The lowest BCUT2D eigenvalue weighted by Gasteiger charge is -2.19. The summed E-state index contributed by atoms with van der Waals surface area (Å²) in [5.41, 5.74) is 12.8. The first-order chi connectivity index (χ1) is 70.4. The highest BCUT2D eigenvalue weighted by molar-refractivity contribution is 6.11. The fourth-order valence-corrected chi connectivity index (χ4v) is 15.8. The van der Waals surface area contributed by atoms with Crippen molar-refractivity contribution < 1.29 is 124 Å². The summed E-state index contributed by atoms with van der Waals surface area (Å²) in [6.07, 6.45) is 6.25. The summed E-state index contributed by atoms with van der Waals surface area (Å²) in [4.78, 5) is 239. The molecule has 0 heterocycles. The molecule has 0 fully saturated rings. The Labute approximate surface area is 874 Å². The number of ketones is 16. The molecule has 0 spiro atoms. The second-order valence-electron chi connectivity index (χ2n) is 35.7. The van der Waals surface area contributed by atoms with E-state index in [1.54, 1.807) is 90.1 Å². The largest absolute Gasteiger partial charge is 0.464 e. The Morgan fingerprint density at radius 2 is 0.537 bits per heavy atom. The number of unbranched alkanes of at least 4 members (excludes halogenated alkanes) is 1.